The van der Waals surface area contributed by atoms with Gasteiger partial charge in [0.15, 0.2) is 0 Å². The van der Waals surface area contributed by atoms with Crippen molar-refractivity contribution in [3.63, 3.8) is 0 Å². The van der Waals surface area contributed by atoms with E-state index >= 15 is 0 Å². The average Bonchev–Trinajstić information content (AvgIpc) is 2.91. The lowest BCUT2D eigenvalue weighted by Gasteiger charge is -2.17. The summed E-state index contributed by atoms with van der Waals surface area (Å²) in [5, 5.41) is 7.47. The second-order valence-electron chi connectivity index (χ2n) is 4.88. The first kappa shape index (κ1) is 16.0. The lowest BCUT2D eigenvalue weighted by Crippen LogP contribution is -2.23. The maximum atomic E-state index is 13.8. The molecular formula is C15H19F2N3S. The van der Waals surface area contributed by atoms with Gasteiger partial charge in [0.2, 0.25) is 0 Å². The highest BCUT2D eigenvalue weighted by atomic mass is 32.1. The molecule has 0 saturated carbocycles. The van der Waals surface area contributed by atoms with Crippen LogP contribution in [0.3, 0.4) is 0 Å². The van der Waals surface area contributed by atoms with Crippen LogP contribution >= 0.6 is 11.5 Å². The third-order valence-electron chi connectivity index (χ3n) is 3.27. The van der Waals surface area contributed by atoms with Gasteiger partial charge in [0.05, 0.1) is 10.6 Å². The maximum Gasteiger partial charge on any atom is 0.126 e. The zero-order valence-electron chi connectivity index (χ0n) is 12.2. The normalized spacial score (nSPS) is 12.6. The van der Waals surface area contributed by atoms with Gasteiger partial charge in [-0.3, -0.25) is 0 Å². The first-order valence-electron chi connectivity index (χ1n) is 7.14. The van der Waals surface area contributed by atoms with Crippen LogP contribution in [0.5, 0.6) is 0 Å². The van der Waals surface area contributed by atoms with Crippen LogP contribution in [-0.4, -0.2) is 16.1 Å². The molecule has 0 bridgehead atoms. The summed E-state index contributed by atoms with van der Waals surface area (Å²) in [7, 11) is 0. The van der Waals surface area contributed by atoms with E-state index in [0.717, 1.165) is 36.0 Å². The number of hydrogen-bond donors (Lipinski definition) is 1. The van der Waals surface area contributed by atoms with Gasteiger partial charge in [-0.25, -0.2) is 8.78 Å². The Labute approximate surface area is 127 Å². The molecule has 1 unspecified atom stereocenters. The Balaban J connectivity index is 2.26. The van der Waals surface area contributed by atoms with Gasteiger partial charge in [-0.1, -0.05) is 24.8 Å². The molecule has 1 N–H and O–H groups in total. The minimum Gasteiger partial charge on any atom is -0.309 e. The smallest absolute Gasteiger partial charge is 0.126 e. The van der Waals surface area contributed by atoms with Crippen LogP contribution < -0.4 is 5.32 Å². The second kappa shape index (κ2) is 7.56. The summed E-state index contributed by atoms with van der Waals surface area (Å²) in [4.78, 5) is 1.02. The van der Waals surface area contributed by atoms with E-state index in [9.17, 15) is 8.78 Å². The predicted molar refractivity (Wildman–Crippen MR) is 80.4 cm³/mol. The number of benzene rings is 1. The highest BCUT2D eigenvalue weighted by Crippen LogP contribution is 2.26. The molecule has 0 amide bonds. The summed E-state index contributed by atoms with van der Waals surface area (Å²) in [5.74, 6) is -0.799. The molecule has 1 aromatic heterocycles. The molecule has 0 saturated heterocycles. The highest BCUT2D eigenvalue weighted by Gasteiger charge is 2.20. The molecule has 0 aliphatic heterocycles. The molecule has 1 atom stereocenters. The predicted octanol–water partition coefficient (Wildman–Crippen LogP) is 3.66. The minimum absolute atomic E-state index is 0.0900. The largest absolute Gasteiger partial charge is 0.309 e. The van der Waals surface area contributed by atoms with Crippen LogP contribution in [0.2, 0.25) is 0 Å². The zero-order chi connectivity index (χ0) is 15.2. The lowest BCUT2D eigenvalue weighted by molar-refractivity contribution is 0.523. The third kappa shape index (κ3) is 4.04. The van der Waals surface area contributed by atoms with E-state index in [1.807, 2.05) is 6.92 Å². The first-order valence-corrected chi connectivity index (χ1v) is 7.91. The van der Waals surface area contributed by atoms with Gasteiger partial charge in [0, 0.05) is 6.04 Å². The van der Waals surface area contributed by atoms with Gasteiger partial charge < -0.3 is 5.32 Å². The Morgan fingerprint density at radius 2 is 2.10 bits per heavy atom. The van der Waals surface area contributed by atoms with E-state index in [4.69, 9.17) is 0 Å². The van der Waals surface area contributed by atoms with E-state index in [-0.39, 0.29) is 11.9 Å². The van der Waals surface area contributed by atoms with E-state index in [2.05, 4.69) is 21.8 Å². The van der Waals surface area contributed by atoms with Crippen molar-refractivity contribution in [3.05, 3.63) is 46.0 Å². The molecule has 2 rings (SSSR count). The first-order chi connectivity index (χ1) is 10.2. The summed E-state index contributed by atoms with van der Waals surface area (Å²) >= 11 is 1.33. The number of halogens is 2. The van der Waals surface area contributed by atoms with Gasteiger partial charge in [0.25, 0.3) is 0 Å². The van der Waals surface area contributed by atoms with Crippen LogP contribution in [0.1, 0.15) is 42.4 Å². The molecule has 0 fully saturated rings. The fourth-order valence-electron chi connectivity index (χ4n) is 2.31. The number of aryl methyl sites for hydroxylation is 1. The quantitative estimate of drug-likeness (QED) is 0.848. The van der Waals surface area contributed by atoms with Crippen molar-refractivity contribution in [2.75, 3.05) is 6.54 Å². The molecular weight excluding hydrogens is 292 g/mol. The molecule has 6 heteroatoms. The summed E-state index contributed by atoms with van der Waals surface area (Å²) in [6.07, 6.45) is 2.21. The minimum atomic E-state index is -0.419. The summed E-state index contributed by atoms with van der Waals surface area (Å²) in [5.41, 5.74) is 1.32. The van der Waals surface area contributed by atoms with Gasteiger partial charge in [-0.05, 0) is 54.7 Å². The van der Waals surface area contributed by atoms with Crippen molar-refractivity contribution in [2.24, 2.45) is 0 Å². The summed E-state index contributed by atoms with van der Waals surface area (Å²) in [6.45, 7) is 4.81. The summed E-state index contributed by atoms with van der Waals surface area (Å²) < 4.78 is 31.2. The Hall–Kier alpha value is -1.40. The fourth-order valence-corrected chi connectivity index (χ4v) is 3.08. The number of aromatic nitrogens is 2. The zero-order valence-corrected chi connectivity index (χ0v) is 13.0. The van der Waals surface area contributed by atoms with Gasteiger partial charge in [0.1, 0.15) is 11.6 Å². The molecule has 0 aliphatic carbocycles. The van der Waals surface area contributed by atoms with Crippen LogP contribution in [0.25, 0.3) is 0 Å². The molecule has 3 nitrogen and oxygen atoms in total. The number of nitrogens with one attached hydrogen (secondary N) is 1. The van der Waals surface area contributed by atoms with E-state index < -0.39 is 5.82 Å². The molecule has 0 aliphatic rings. The monoisotopic (exact) mass is 311 g/mol. The Morgan fingerprint density at radius 3 is 2.81 bits per heavy atom. The molecule has 0 radical (unpaired) electrons. The molecule has 0 spiro atoms. The van der Waals surface area contributed by atoms with Crippen LogP contribution in [0.15, 0.2) is 18.2 Å². The van der Waals surface area contributed by atoms with Crippen molar-refractivity contribution < 1.29 is 8.78 Å². The molecule has 1 heterocycles. The van der Waals surface area contributed by atoms with Crippen molar-refractivity contribution in [2.45, 2.75) is 39.2 Å². The van der Waals surface area contributed by atoms with E-state index in [1.54, 1.807) is 0 Å². The van der Waals surface area contributed by atoms with Crippen molar-refractivity contribution in [1.82, 2.24) is 14.9 Å². The fraction of sp³-hybridized carbons (Fsp3) is 0.467. The molecule has 21 heavy (non-hydrogen) atoms. The standard InChI is InChI=1S/C15H19F2N3S/c1-3-5-13-15(21-20-19-13)14(18-4-2)9-10-8-11(16)6-7-12(10)17/h6-8,14,18H,3-5,9H2,1-2H3. The van der Waals surface area contributed by atoms with E-state index in [1.165, 1.54) is 23.7 Å². The van der Waals surface area contributed by atoms with Gasteiger partial charge in [-0.2, -0.15) is 0 Å². The van der Waals surface area contributed by atoms with Crippen LogP contribution in [-0.2, 0) is 12.8 Å². The Kier molecular flexibility index (Phi) is 5.76. The molecule has 114 valence electrons. The second-order valence-corrected chi connectivity index (χ2v) is 5.67. The van der Waals surface area contributed by atoms with Crippen molar-refractivity contribution in [1.29, 1.82) is 0 Å². The Morgan fingerprint density at radius 1 is 1.29 bits per heavy atom. The lowest BCUT2D eigenvalue weighted by atomic mass is 10.0. The number of nitrogens with zero attached hydrogens (tertiary/aromatic N) is 2. The topological polar surface area (TPSA) is 37.8 Å². The average molecular weight is 311 g/mol. The SMILES string of the molecule is CCCc1nnsc1C(Cc1cc(F)ccc1F)NCC. The third-order valence-corrected chi connectivity index (χ3v) is 4.15. The van der Waals surface area contributed by atoms with Gasteiger partial charge >= 0.3 is 0 Å². The number of rotatable bonds is 7. The van der Waals surface area contributed by atoms with Crippen molar-refractivity contribution >= 4 is 11.5 Å². The number of hydrogen-bond acceptors (Lipinski definition) is 4. The van der Waals surface area contributed by atoms with Crippen LogP contribution in [0, 0.1) is 11.6 Å². The van der Waals surface area contributed by atoms with E-state index in [0.29, 0.717) is 12.0 Å². The molecule has 1 aromatic carbocycles. The Bertz CT molecular complexity index is 586. The maximum absolute atomic E-state index is 13.8. The van der Waals surface area contributed by atoms with Crippen molar-refractivity contribution in [3.8, 4) is 0 Å². The number of likely N-dealkylation sites (N-methyl/N-ethyl adjacent to an activating group) is 1. The molecule has 2 aromatic rings. The van der Waals surface area contributed by atoms with Crippen LogP contribution in [0.4, 0.5) is 8.78 Å². The summed E-state index contributed by atoms with van der Waals surface area (Å²) in [6, 6.07) is 3.48. The highest BCUT2D eigenvalue weighted by molar-refractivity contribution is 7.05. The van der Waals surface area contributed by atoms with Gasteiger partial charge in [-0.15, -0.1) is 5.10 Å².